The number of hydrogen-bond acceptors (Lipinski definition) is 3. The maximum atomic E-state index is 12.8. The topological polar surface area (TPSA) is 66.8 Å². The highest BCUT2D eigenvalue weighted by molar-refractivity contribution is 6.31. The summed E-state index contributed by atoms with van der Waals surface area (Å²) in [5, 5.41) is 9.73. The fraction of sp³-hybridized carbons (Fsp3) is 0.467. The molecule has 2 heterocycles. The van der Waals surface area contributed by atoms with Gasteiger partial charge in [-0.2, -0.15) is 0 Å². The third-order valence-electron chi connectivity index (χ3n) is 4.48. The molecule has 3 unspecified atom stereocenters. The number of benzene rings is 1. The Morgan fingerprint density at radius 2 is 2.14 bits per heavy atom. The molecule has 3 rings (SSSR count). The molecule has 1 aromatic rings. The van der Waals surface area contributed by atoms with Gasteiger partial charge in [-0.05, 0) is 37.5 Å². The summed E-state index contributed by atoms with van der Waals surface area (Å²) in [5.74, 6) is -1.01. The number of halogens is 1. The third kappa shape index (κ3) is 2.25. The van der Waals surface area contributed by atoms with Crippen LogP contribution < -0.4 is 4.74 Å². The molecule has 2 aliphatic rings. The number of ether oxygens (including phenoxy) is 1. The molecule has 1 N–H and O–H groups in total. The van der Waals surface area contributed by atoms with Crippen molar-refractivity contribution in [2.24, 2.45) is 5.92 Å². The van der Waals surface area contributed by atoms with E-state index in [1.807, 2.05) is 0 Å². The van der Waals surface area contributed by atoms with E-state index in [0.29, 0.717) is 22.8 Å². The van der Waals surface area contributed by atoms with Crippen molar-refractivity contribution >= 4 is 23.5 Å². The van der Waals surface area contributed by atoms with Crippen molar-refractivity contribution in [3.63, 3.8) is 0 Å². The monoisotopic (exact) mass is 309 g/mol. The first-order valence-electron chi connectivity index (χ1n) is 6.92. The van der Waals surface area contributed by atoms with Crippen molar-refractivity contribution < 1.29 is 19.4 Å². The van der Waals surface area contributed by atoms with Gasteiger partial charge in [0, 0.05) is 17.1 Å². The second-order valence-electron chi connectivity index (χ2n) is 5.54. The van der Waals surface area contributed by atoms with Gasteiger partial charge in [0.2, 0.25) is 0 Å². The third-order valence-corrected chi connectivity index (χ3v) is 4.72. The number of methoxy groups -OCH3 is 1. The number of aliphatic carboxylic acids is 1. The Hall–Kier alpha value is -1.75. The van der Waals surface area contributed by atoms with E-state index in [-0.39, 0.29) is 18.0 Å². The maximum Gasteiger partial charge on any atom is 0.308 e. The molecule has 2 saturated heterocycles. The Morgan fingerprint density at radius 1 is 1.38 bits per heavy atom. The zero-order valence-electron chi connectivity index (χ0n) is 11.6. The Balaban J connectivity index is 1.93. The zero-order valence-corrected chi connectivity index (χ0v) is 12.3. The van der Waals surface area contributed by atoms with Gasteiger partial charge >= 0.3 is 5.97 Å². The summed E-state index contributed by atoms with van der Waals surface area (Å²) in [6.07, 6.45) is 2.15. The predicted molar refractivity (Wildman–Crippen MR) is 76.7 cm³/mol. The fourth-order valence-corrected chi connectivity index (χ4v) is 3.73. The molecule has 0 aliphatic carbocycles. The number of carboxylic acids is 1. The summed E-state index contributed by atoms with van der Waals surface area (Å²) >= 11 is 5.97. The van der Waals surface area contributed by atoms with Gasteiger partial charge in [-0.3, -0.25) is 9.59 Å². The van der Waals surface area contributed by atoms with Gasteiger partial charge in [-0.15, -0.1) is 0 Å². The van der Waals surface area contributed by atoms with Crippen molar-refractivity contribution in [3.05, 3.63) is 28.8 Å². The summed E-state index contributed by atoms with van der Waals surface area (Å²) in [6.45, 7) is 0. The van der Waals surface area contributed by atoms with E-state index >= 15 is 0 Å². The second-order valence-corrected chi connectivity index (χ2v) is 5.97. The lowest BCUT2D eigenvalue weighted by molar-refractivity contribution is -0.142. The van der Waals surface area contributed by atoms with E-state index in [0.717, 1.165) is 12.8 Å². The fourth-order valence-electron chi connectivity index (χ4n) is 3.56. The van der Waals surface area contributed by atoms with Crippen LogP contribution in [0, 0.1) is 5.92 Å². The van der Waals surface area contributed by atoms with E-state index in [2.05, 4.69) is 0 Å². The van der Waals surface area contributed by atoms with Gasteiger partial charge in [0.15, 0.2) is 0 Å². The van der Waals surface area contributed by atoms with Crippen LogP contribution in [0.2, 0.25) is 5.02 Å². The van der Waals surface area contributed by atoms with Crippen LogP contribution in [0.25, 0.3) is 0 Å². The van der Waals surface area contributed by atoms with E-state index in [1.54, 1.807) is 23.1 Å². The minimum Gasteiger partial charge on any atom is -0.496 e. The van der Waals surface area contributed by atoms with Crippen LogP contribution in [-0.2, 0) is 4.79 Å². The summed E-state index contributed by atoms with van der Waals surface area (Å²) in [7, 11) is 1.50. The summed E-state index contributed by atoms with van der Waals surface area (Å²) in [5.41, 5.74) is 0.396. The number of rotatable bonds is 3. The Labute approximate surface area is 127 Å². The van der Waals surface area contributed by atoms with Crippen LogP contribution in [0.1, 0.15) is 29.6 Å². The lowest BCUT2D eigenvalue weighted by atomic mass is 9.89. The SMILES string of the molecule is COc1ccc(Cl)cc1C(=O)N1C2CCC1C(C(=O)O)C2. The highest BCUT2D eigenvalue weighted by atomic mass is 35.5. The molecule has 0 saturated carbocycles. The van der Waals surface area contributed by atoms with Crippen molar-refractivity contribution in [1.82, 2.24) is 4.90 Å². The van der Waals surface area contributed by atoms with E-state index in [9.17, 15) is 14.7 Å². The number of nitrogens with zero attached hydrogens (tertiary/aromatic N) is 1. The van der Waals surface area contributed by atoms with Gasteiger partial charge in [-0.25, -0.2) is 0 Å². The van der Waals surface area contributed by atoms with Gasteiger partial charge in [0.25, 0.3) is 5.91 Å². The van der Waals surface area contributed by atoms with Crippen LogP contribution >= 0.6 is 11.6 Å². The Kier molecular flexibility index (Phi) is 3.53. The second kappa shape index (κ2) is 5.22. The van der Waals surface area contributed by atoms with Crippen molar-refractivity contribution in [2.75, 3.05) is 7.11 Å². The summed E-state index contributed by atoms with van der Waals surface area (Å²) in [4.78, 5) is 25.8. The van der Waals surface area contributed by atoms with Crippen LogP contribution in [0.15, 0.2) is 18.2 Å². The first-order valence-corrected chi connectivity index (χ1v) is 7.29. The Bertz CT molecular complexity index is 603. The maximum absolute atomic E-state index is 12.8. The molecule has 21 heavy (non-hydrogen) atoms. The molecule has 0 aromatic heterocycles. The molecule has 6 heteroatoms. The first-order chi connectivity index (χ1) is 10.0. The number of carbonyl (C=O) groups is 2. The number of hydrogen-bond donors (Lipinski definition) is 1. The number of amides is 1. The standard InChI is InChI=1S/C15H16ClNO4/c1-21-13-5-2-8(16)6-11(13)14(18)17-9-3-4-12(17)10(7-9)15(19)20/h2,5-6,9-10,12H,3-4,7H2,1H3,(H,19,20). The summed E-state index contributed by atoms with van der Waals surface area (Å²) < 4.78 is 5.22. The lowest BCUT2D eigenvalue weighted by Gasteiger charge is -2.24. The van der Waals surface area contributed by atoms with Crippen LogP contribution in [0.3, 0.4) is 0 Å². The molecule has 2 bridgehead atoms. The molecular weight excluding hydrogens is 294 g/mol. The number of carboxylic acid groups (broad SMARTS) is 1. The Morgan fingerprint density at radius 3 is 2.76 bits per heavy atom. The van der Waals surface area contributed by atoms with Crippen molar-refractivity contribution in [2.45, 2.75) is 31.3 Å². The van der Waals surface area contributed by atoms with Gasteiger partial charge in [0.05, 0.1) is 18.6 Å². The predicted octanol–water partition coefficient (Wildman–Crippen LogP) is 2.43. The highest BCUT2D eigenvalue weighted by Gasteiger charge is 2.51. The molecule has 2 fully saturated rings. The summed E-state index contributed by atoms with van der Waals surface area (Å²) in [6, 6.07) is 4.69. The zero-order chi connectivity index (χ0) is 15.1. The average molecular weight is 310 g/mol. The normalized spacial score (nSPS) is 27.0. The van der Waals surface area contributed by atoms with E-state index < -0.39 is 11.9 Å². The lowest BCUT2D eigenvalue weighted by Crippen LogP contribution is -2.38. The van der Waals surface area contributed by atoms with Crippen LogP contribution in [0.5, 0.6) is 5.75 Å². The average Bonchev–Trinajstić information content (AvgIpc) is 3.04. The molecule has 5 nitrogen and oxygen atoms in total. The molecule has 2 aliphatic heterocycles. The van der Waals surface area contributed by atoms with Crippen LogP contribution in [-0.4, -0.2) is 41.1 Å². The van der Waals surface area contributed by atoms with Gasteiger partial charge in [0.1, 0.15) is 5.75 Å². The van der Waals surface area contributed by atoms with Crippen molar-refractivity contribution in [1.29, 1.82) is 0 Å². The highest BCUT2D eigenvalue weighted by Crippen LogP contribution is 2.43. The molecule has 3 atom stereocenters. The quantitative estimate of drug-likeness (QED) is 0.931. The van der Waals surface area contributed by atoms with Crippen molar-refractivity contribution in [3.8, 4) is 5.75 Å². The van der Waals surface area contributed by atoms with Gasteiger partial charge < -0.3 is 14.7 Å². The van der Waals surface area contributed by atoms with E-state index in [4.69, 9.17) is 16.3 Å². The minimum absolute atomic E-state index is 0.00675. The van der Waals surface area contributed by atoms with Crippen LogP contribution in [0.4, 0.5) is 0 Å². The largest absolute Gasteiger partial charge is 0.496 e. The number of carbonyl (C=O) groups excluding carboxylic acids is 1. The molecule has 1 amide bonds. The first kappa shape index (κ1) is 14.2. The molecule has 1 aromatic carbocycles. The minimum atomic E-state index is -0.821. The smallest absolute Gasteiger partial charge is 0.308 e. The van der Waals surface area contributed by atoms with E-state index in [1.165, 1.54) is 7.11 Å². The van der Waals surface area contributed by atoms with Gasteiger partial charge in [-0.1, -0.05) is 11.6 Å². The molecule has 112 valence electrons. The molecule has 0 spiro atoms. The molecular formula is C15H16ClNO4. The molecule has 0 radical (unpaired) electrons. The number of fused-ring (bicyclic) bond motifs is 2.